The Morgan fingerprint density at radius 1 is 1.18 bits per heavy atom. The normalized spacial score (nSPS) is 10.3. The van der Waals surface area contributed by atoms with Gasteiger partial charge < -0.3 is 4.74 Å². The molecule has 4 heteroatoms. The molecular formula is C13H9BrClFO. The molecule has 0 radical (unpaired) electrons. The van der Waals surface area contributed by atoms with Crippen molar-refractivity contribution in [3.63, 3.8) is 0 Å². The third-order valence-corrected chi connectivity index (χ3v) is 3.15. The van der Waals surface area contributed by atoms with E-state index < -0.39 is 0 Å². The summed E-state index contributed by atoms with van der Waals surface area (Å²) in [6.07, 6.45) is 0. The molecule has 2 aromatic rings. The van der Waals surface area contributed by atoms with Crippen LogP contribution in [0, 0.1) is 5.82 Å². The molecule has 0 N–H and O–H groups in total. The summed E-state index contributed by atoms with van der Waals surface area (Å²) in [5.74, 6) is 0.749. The lowest BCUT2D eigenvalue weighted by molar-refractivity contribution is 0.473. The van der Waals surface area contributed by atoms with Gasteiger partial charge in [-0.15, -0.1) is 0 Å². The highest BCUT2D eigenvalue weighted by atomic mass is 79.9. The Kier molecular flexibility index (Phi) is 4.02. The molecule has 0 heterocycles. The minimum Gasteiger partial charge on any atom is -0.457 e. The van der Waals surface area contributed by atoms with Gasteiger partial charge in [-0.2, -0.15) is 0 Å². The number of halogens is 3. The highest BCUT2D eigenvalue weighted by Crippen LogP contribution is 2.32. The fourth-order valence-electron chi connectivity index (χ4n) is 1.42. The van der Waals surface area contributed by atoms with Gasteiger partial charge in [0.05, 0.1) is 0 Å². The van der Waals surface area contributed by atoms with Crippen LogP contribution in [-0.4, -0.2) is 0 Å². The van der Waals surface area contributed by atoms with E-state index in [0.29, 0.717) is 21.9 Å². The third kappa shape index (κ3) is 2.99. The first-order chi connectivity index (χ1) is 8.20. The lowest BCUT2D eigenvalue weighted by atomic mass is 10.2. The van der Waals surface area contributed by atoms with Crippen LogP contribution in [0.2, 0.25) is 5.02 Å². The van der Waals surface area contributed by atoms with Crippen molar-refractivity contribution in [2.45, 2.75) is 5.33 Å². The van der Waals surface area contributed by atoms with Gasteiger partial charge in [-0.25, -0.2) is 4.39 Å². The van der Waals surface area contributed by atoms with E-state index in [2.05, 4.69) is 15.9 Å². The second-order valence-electron chi connectivity index (χ2n) is 3.41. The first-order valence-electron chi connectivity index (χ1n) is 4.97. The average molecular weight is 316 g/mol. The smallest absolute Gasteiger partial charge is 0.132 e. The van der Waals surface area contributed by atoms with Gasteiger partial charge in [-0.3, -0.25) is 0 Å². The number of hydrogen-bond donors (Lipinski definition) is 0. The number of rotatable bonds is 3. The zero-order valence-corrected chi connectivity index (χ0v) is 11.1. The molecule has 0 spiro atoms. The molecule has 0 aliphatic rings. The fraction of sp³-hybridized carbons (Fsp3) is 0.0769. The predicted molar refractivity (Wildman–Crippen MR) is 70.6 cm³/mol. The lowest BCUT2D eigenvalue weighted by Crippen LogP contribution is -1.90. The molecular weight excluding hydrogens is 306 g/mol. The van der Waals surface area contributed by atoms with E-state index in [1.165, 1.54) is 12.1 Å². The highest BCUT2D eigenvalue weighted by Gasteiger charge is 2.08. The highest BCUT2D eigenvalue weighted by molar-refractivity contribution is 9.08. The summed E-state index contributed by atoms with van der Waals surface area (Å²) in [5, 5.41) is 1.20. The summed E-state index contributed by atoms with van der Waals surface area (Å²) >= 11 is 9.39. The molecule has 0 unspecified atom stereocenters. The van der Waals surface area contributed by atoms with Crippen LogP contribution in [0.5, 0.6) is 11.5 Å². The Bertz CT molecular complexity index is 531. The van der Waals surface area contributed by atoms with Crippen LogP contribution in [0.15, 0.2) is 42.5 Å². The second-order valence-corrected chi connectivity index (χ2v) is 4.38. The van der Waals surface area contributed by atoms with Crippen LogP contribution in [0.3, 0.4) is 0 Å². The summed E-state index contributed by atoms with van der Waals surface area (Å²) in [6.45, 7) is 0. The van der Waals surface area contributed by atoms with E-state index >= 15 is 0 Å². The number of benzene rings is 2. The monoisotopic (exact) mass is 314 g/mol. The van der Waals surface area contributed by atoms with Gasteiger partial charge in [0.15, 0.2) is 0 Å². The van der Waals surface area contributed by atoms with E-state index in [-0.39, 0.29) is 5.82 Å². The maximum absolute atomic E-state index is 13.0. The number of hydrogen-bond acceptors (Lipinski definition) is 1. The van der Waals surface area contributed by atoms with Crippen LogP contribution in [0.25, 0.3) is 0 Å². The number of alkyl halides is 1. The third-order valence-electron chi connectivity index (χ3n) is 2.23. The molecule has 0 aromatic heterocycles. The van der Waals surface area contributed by atoms with Gasteiger partial charge in [0.25, 0.3) is 0 Å². The van der Waals surface area contributed by atoms with E-state index in [1.54, 1.807) is 30.3 Å². The minimum atomic E-state index is -0.329. The van der Waals surface area contributed by atoms with E-state index in [4.69, 9.17) is 16.3 Å². The molecule has 0 saturated carbocycles. The molecule has 0 saturated heterocycles. The van der Waals surface area contributed by atoms with Crippen molar-refractivity contribution < 1.29 is 9.13 Å². The van der Waals surface area contributed by atoms with Crippen molar-refractivity contribution in [2.75, 3.05) is 0 Å². The second kappa shape index (κ2) is 5.52. The molecule has 0 amide bonds. The number of ether oxygens (including phenoxy) is 1. The maximum atomic E-state index is 13.0. The fourth-order valence-corrected chi connectivity index (χ4v) is 2.39. The van der Waals surface area contributed by atoms with E-state index in [9.17, 15) is 4.39 Å². The first-order valence-corrected chi connectivity index (χ1v) is 6.47. The molecule has 2 rings (SSSR count). The molecule has 88 valence electrons. The summed E-state index contributed by atoms with van der Waals surface area (Å²) in [6, 6.07) is 11.4. The summed E-state index contributed by atoms with van der Waals surface area (Å²) in [5.41, 5.74) is 0.846. The SMILES string of the molecule is Fc1cccc(Oc2cccc(Cl)c2CBr)c1. The van der Waals surface area contributed by atoms with Gasteiger partial charge in [-0.05, 0) is 24.3 Å². The molecule has 2 aromatic carbocycles. The van der Waals surface area contributed by atoms with Gasteiger partial charge in [0.1, 0.15) is 17.3 Å². The van der Waals surface area contributed by atoms with Crippen LogP contribution in [-0.2, 0) is 5.33 Å². The van der Waals surface area contributed by atoms with Gasteiger partial charge in [0, 0.05) is 22.0 Å². The topological polar surface area (TPSA) is 9.23 Å². The molecule has 0 aliphatic carbocycles. The van der Waals surface area contributed by atoms with Crippen molar-refractivity contribution >= 4 is 27.5 Å². The Hall–Kier alpha value is -1.06. The van der Waals surface area contributed by atoms with Crippen LogP contribution >= 0.6 is 27.5 Å². The molecule has 0 atom stereocenters. The van der Waals surface area contributed by atoms with Crippen molar-refractivity contribution in [2.24, 2.45) is 0 Å². The Morgan fingerprint density at radius 2 is 1.94 bits per heavy atom. The first kappa shape index (κ1) is 12.4. The molecule has 0 fully saturated rings. The predicted octanol–water partition coefficient (Wildman–Crippen LogP) is 5.17. The summed E-state index contributed by atoms with van der Waals surface area (Å²) in [4.78, 5) is 0. The van der Waals surface area contributed by atoms with Crippen molar-refractivity contribution in [1.29, 1.82) is 0 Å². The van der Waals surface area contributed by atoms with Crippen LogP contribution in [0.1, 0.15) is 5.56 Å². The maximum Gasteiger partial charge on any atom is 0.132 e. The Balaban J connectivity index is 2.33. The Morgan fingerprint density at radius 3 is 2.65 bits per heavy atom. The molecule has 1 nitrogen and oxygen atoms in total. The summed E-state index contributed by atoms with van der Waals surface area (Å²) < 4.78 is 18.6. The zero-order valence-electron chi connectivity index (χ0n) is 8.79. The quantitative estimate of drug-likeness (QED) is 0.710. The largest absolute Gasteiger partial charge is 0.457 e. The van der Waals surface area contributed by atoms with Crippen molar-refractivity contribution in [3.05, 3.63) is 58.9 Å². The standard InChI is InChI=1S/C13H9BrClFO/c14-8-11-12(15)5-2-6-13(11)17-10-4-1-3-9(16)7-10/h1-7H,8H2. The van der Waals surface area contributed by atoms with Gasteiger partial charge in [0.2, 0.25) is 0 Å². The Labute approximate surface area is 112 Å². The van der Waals surface area contributed by atoms with Gasteiger partial charge in [-0.1, -0.05) is 39.7 Å². The van der Waals surface area contributed by atoms with E-state index in [0.717, 1.165) is 5.56 Å². The molecule has 0 bridgehead atoms. The zero-order chi connectivity index (χ0) is 12.3. The van der Waals surface area contributed by atoms with Crippen molar-refractivity contribution in [1.82, 2.24) is 0 Å². The minimum absolute atomic E-state index is 0.329. The molecule has 0 aliphatic heterocycles. The van der Waals surface area contributed by atoms with Gasteiger partial charge >= 0.3 is 0 Å². The van der Waals surface area contributed by atoms with E-state index in [1.807, 2.05) is 0 Å². The average Bonchev–Trinajstić information content (AvgIpc) is 2.29. The molecule has 17 heavy (non-hydrogen) atoms. The summed E-state index contributed by atoms with van der Waals surface area (Å²) in [7, 11) is 0. The van der Waals surface area contributed by atoms with Crippen LogP contribution in [0.4, 0.5) is 4.39 Å². The van der Waals surface area contributed by atoms with Crippen molar-refractivity contribution in [3.8, 4) is 11.5 Å². The van der Waals surface area contributed by atoms with Crippen LogP contribution < -0.4 is 4.74 Å². The lowest BCUT2D eigenvalue weighted by Gasteiger charge is -2.10.